The Labute approximate surface area is 151 Å². The molecule has 0 fully saturated rings. The maximum atomic E-state index is 12.7. The molecule has 0 aliphatic rings. The molecule has 0 amide bonds. The van der Waals surface area contributed by atoms with Crippen LogP contribution in [0.2, 0.25) is 0 Å². The van der Waals surface area contributed by atoms with Gasteiger partial charge in [0.25, 0.3) is 0 Å². The molecule has 2 aromatic carbocycles. The Kier molecular flexibility index (Phi) is 4.09. The van der Waals surface area contributed by atoms with Gasteiger partial charge in [-0.25, -0.2) is 9.78 Å². The fraction of sp³-hybridized carbons (Fsp3) is 0.0435. The van der Waals surface area contributed by atoms with Gasteiger partial charge in [-0.15, -0.1) is 0 Å². The van der Waals surface area contributed by atoms with E-state index in [1.807, 2.05) is 67.6 Å². The van der Waals surface area contributed by atoms with Gasteiger partial charge in [-0.3, -0.25) is 0 Å². The third-order valence-electron chi connectivity index (χ3n) is 4.11. The fourth-order valence-corrected chi connectivity index (χ4v) is 2.89. The topological polar surface area (TPSA) is 43.1 Å². The summed E-state index contributed by atoms with van der Waals surface area (Å²) in [6, 6.07) is 21.1. The van der Waals surface area contributed by atoms with Crippen molar-refractivity contribution in [3.05, 3.63) is 100 Å². The van der Waals surface area contributed by atoms with Gasteiger partial charge >= 0.3 is 5.63 Å². The second kappa shape index (κ2) is 6.70. The number of benzene rings is 2. The zero-order chi connectivity index (χ0) is 17.9. The van der Waals surface area contributed by atoms with E-state index in [-0.39, 0.29) is 0 Å². The van der Waals surface area contributed by atoms with Crippen molar-refractivity contribution in [3.8, 4) is 23.0 Å². The van der Waals surface area contributed by atoms with Crippen LogP contribution in [0.3, 0.4) is 0 Å². The highest BCUT2D eigenvalue weighted by atomic mass is 16.4. The summed E-state index contributed by atoms with van der Waals surface area (Å²) in [4.78, 5) is 16.9. The molecule has 2 heterocycles. The number of hydrogen-bond acceptors (Lipinski definition) is 3. The first kappa shape index (κ1) is 15.9. The van der Waals surface area contributed by atoms with Crippen molar-refractivity contribution >= 4 is 11.0 Å². The number of pyridine rings is 1. The minimum absolute atomic E-state index is 0.346. The first-order chi connectivity index (χ1) is 12.7. The lowest BCUT2D eigenvalue weighted by Gasteiger charge is -2.09. The van der Waals surface area contributed by atoms with E-state index in [4.69, 9.17) is 4.42 Å². The molecular formula is C23H15NO2. The number of rotatable bonds is 1. The number of aromatic nitrogens is 1. The lowest BCUT2D eigenvalue weighted by atomic mass is 9.96. The molecule has 0 aliphatic heterocycles. The average molecular weight is 337 g/mol. The molecule has 0 radical (unpaired) electrons. The Morgan fingerprint density at radius 3 is 2.50 bits per heavy atom. The van der Waals surface area contributed by atoms with Crippen molar-refractivity contribution in [2.75, 3.05) is 0 Å². The van der Waals surface area contributed by atoms with E-state index in [0.29, 0.717) is 16.8 Å². The summed E-state index contributed by atoms with van der Waals surface area (Å²) in [7, 11) is 0. The third-order valence-corrected chi connectivity index (χ3v) is 4.11. The second-order valence-electron chi connectivity index (χ2n) is 5.97. The normalized spacial score (nSPS) is 10.3. The smallest absolute Gasteiger partial charge is 0.352 e. The lowest BCUT2D eigenvalue weighted by molar-refractivity contribution is 0.559. The maximum absolute atomic E-state index is 12.7. The van der Waals surface area contributed by atoms with E-state index in [0.717, 1.165) is 22.1 Å². The highest BCUT2D eigenvalue weighted by molar-refractivity contribution is 5.96. The molecule has 0 spiro atoms. The molecule has 4 rings (SSSR count). The van der Waals surface area contributed by atoms with Gasteiger partial charge in [0.05, 0.1) is 0 Å². The van der Waals surface area contributed by atoms with Crippen LogP contribution < -0.4 is 5.63 Å². The van der Waals surface area contributed by atoms with Crippen LogP contribution in [0.15, 0.2) is 82.1 Å². The first-order valence-electron chi connectivity index (χ1n) is 8.28. The summed E-state index contributed by atoms with van der Waals surface area (Å²) in [5.74, 6) is 5.95. The van der Waals surface area contributed by atoms with Crippen molar-refractivity contribution in [1.29, 1.82) is 0 Å². The number of nitrogens with zero attached hydrogens (tertiary/aromatic N) is 1. The lowest BCUT2D eigenvalue weighted by Crippen LogP contribution is -2.07. The van der Waals surface area contributed by atoms with Crippen molar-refractivity contribution in [2.45, 2.75) is 6.92 Å². The van der Waals surface area contributed by atoms with Crippen molar-refractivity contribution in [1.82, 2.24) is 4.98 Å². The van der Waals surface area contributed by atoms with Gasteiger partial charge in [0, 0.05) is 17.1 Å². The summed E-state index contributed by atoms with van der Waals surface area (Å²) in [5, 5.41) is 0.867. The molecule has 0 atom stereocenters. The Balaban J connectivity index is 2.03. The summed E-state index contributed by atoms with van der Waals surface area (Å²) in [6.07, 6.45) is 1.67. The first-order valence-corrected chi connectivity index (χ1v) is 8.28. The monoisotopic (exact) mass is 337 g/mol. The number of hydrogen-bond donors (Lipinski definition) is 0. The van der Waals surface area contributed by atoms with Gasteiger partial charge < -0.3 is 4.42 Å². The quantitative estimate of drug-likeness (QED) is 0.378. The minimum atomic E-state index is -0.439. The number of fused-ring (bicyclic) bond motifs is 1. The third kappa shape index (κ3) is 3.01. The van der Waals surface area contributed by atoms with Gasteiger partial charge in [0.1, 0.15) is 16.8 Å². The van der Waals surface area contributed by atoms with E-state index in [9.17, 15) is 4.79 Å². The molecule has 0 N–H and O–H groups in total. The highest BCUT2D eigenvalue weighted by Gasteiger charge is 2.15. The van der Waals surface area contributed by atoms with Crippen molar-refractivity contribution in [3.63, 3.8) is 0 Å². The summed E-state index contributed by atoms with van der Waals surface area (Å²) >= 11 is 0. The predicted molar refractivity (Wildman–Crippen MR) is 103 cm³/mol. The van der Waals surface area contributed by atoms with E-state index >= 15 is 0 Å². The van der Waals surface area contributed by atoms with Crippen LogP contribution in [0.1, 0.15) is 16.8 Å². The predicted octanol–water partition coefficient (Wildman–Crippen LogP) is 4.56. The van der Waals surface area contributed by atoms with Crippen LogP contribution in [0.25, 0.3) is 22.1 Å². The van der Waals surface area contributed by atoms with E-state index in [2.05, 4.69) is 16.8 Å². The van der Waals surface area contributed by atoms with E-state index < -0.39 is 5.63 Å². The minimum Gasteiger partial charge on any atom is -0.422 e. The van der Waals surface area contributed by atoms with Crippen LogP contribution in [-0.2, 0) is 0 Å². The SMILES string of the molecule is Cc1ccc2c(-c3ccccc3)c(C#Cc3ccccn3)c(=O)oc2c1. The molecule has 2 aromatic heterocycles. The van der Waals surface area contributed by atoms with Crippen LogP contribution in [0.5, 0.6) is 0 Å². The summed E-state index contributed by atoms with van der Waals surface area (Å²) < 4.78 is 5.55. The highest BCUT2D eigenvalue weighted by Crippen LogP contribution is 2.30. The van der Waals surface area contributed by atoms with Gasteiger partial charge in [-0.1, -0.05) is 54.5 Å². The van der Waals surface area contributed by atoms with Gasteiger partial charge in [-0.05, 0) is 42.2 Å². The molecule has 4 aromatic rings. The molecule has 0 saturated heterocycles. The summed E-state index contributed by atoms with van der Waals surface area (Å²) in [6.45, 7) is 1.97. The Bertz CT molecular complexity index is 1200. The van der Waals surface area contributed by atoms with E-state index in [1.54, 1.807) is 12.3 Å². The molecule has 0 aliphatic carbocycles. The van der Waals surface area contributed by atoms with Crippen LogP contribution >= 0.6 is 0 Å². The van der Waals surface area contributed by atoms with Crippen molar-refractivity contribution in [2.24, 2.45) is 0 Å². The van der Waals surface area contributed by atoms with Crippen molar-refractivity contribution < 1.29 is 4.42 Å². The molecule has 0 unspecified atom stereocenters. The Morgan fingerprint density at radius 1 is 0.923 bits per heavy atom. The largest absolute Gasteiger partial charge is 0.422 e. The zero-order valence-electron chi connectivity index (χ0n) is 14.2. The maximum Gasteiger partial charge on any atom is 0.352 e. The second-order valence-corrected chi connectivity index (χ2v) is 5.97. The zero-order valence-corrected chi connectivity index (χ0v) is 14.2. The molecule has 26 heavy (non-hydrogen) atoms. The van der Waals surface area contributed by atoms with E-state index in [1.165, 1.54) is 0 Å². The van der Waals surface area contributed by atoms with Crippen LogP contribution in [0, 0.1) is 18.8 Å². The van der Waals surface area contributed by atoms with Gasteiger partial charge in [-0.2, -0.15) is 0 Å². The summed E-state index contributed by atoms with van der Waals surface area (Å²) in [5.41, 5.74) is 3.84. The standard InChI is InChI=1S/C23H15NO2/c1-16-10-12-19-21(15-16)26-23(25)20(13-11-18-9-5-6-14-24-18)22(19)17-7-3-2-4-8-17/h2-10,12,14-15H,1H3. The average Bonchev–Trinajstić information content (AvgIpc) is 2.67. The molecule has 3 heteroatoms. The molecule has 0 saturated carbocycles. The fourth-order valence-electron chi connectivity index (χ4n) is 2.89. The van der Waals surface area contributed by atoms with Gasteiger partial charge in [0.2, 0.25) is 0 Å². The Hall–Kier alpha value is -3.64. The van der Waals surface area contributed by atoms with Gasteiger partial charge in [0.15, 0.2) is 0 Å². The number of aryl methyl sites for hydroxylation is 1. The van der Waals surface area contributed by atoms with Crippen LogP contribution in [0.4, 0.5) is 0 Å². The molecule has 0 bridgehead atoms. The van der Waals surface area contributed by atoms with Crippen LogP contribution in [-0.4, -0.2) is 4.98 Å². The Morgan fingerprint density at radius 2 is 1.73 bits per heavy atom. The molecule has 3 nitrogen and oxygen atoms in total. The molecule has 124 valence electrons. The molecular weight excluding hydrogens is 322 g/mol.